The molecule has 1 aliphatic rings. The highest BCUT2D eigenvalue weighted by Crippen LogP contribution is 2.29. The molecular formula is C6H10Cl2N2O. The smallest absolute Gasteiger partial charge is 0.269 e. The first-order valence-electron chi connectivity index (χ1n) is 3.48. The average Bonchev–Trinajstić information content (AvgIpc) is 2.37. The van der Waals surface area contributed by atoms with Crippen molar-refractivity contribution in [3.63, 3.8) is 0 Å². The van der Waals surface area contributed by atoms with Gasteiger partial charge >= 0.3 is 0 Å². The summed E-state index contributed by atoms with van der Waals surface area (Å²) >= 11 is 11.4. The Hall–Kier alpha value is 0.01000. The van der Waals surface area contributed by atoms with Crippen LogP contribution in [0.15, 0.2) is 0 Å². The van der Waals surface area contributed by atoms with Crippen LogP contribution in [0.3, 0.4) is 0 Å². The molecule has 0 aromatic carbocycles. The summed E-state index contributed by atoms with van der Waals surface area (Å²) < 4.78 is -1.50. The normalized spacial score (nSPS) is 20.5. The number of amides is 1. The van der Waals surface area contributed by atoms with Crippen LogP contribution in [0.4, 0.5) is 0 Å². The fourth-order valence-corrected chi connectivity index (χ4v) is 1.49. The number of halogens is 2. The van der Waals surface area contributed by atoms with Gasteiger partial charge in [0.15, 0.2) is 0 Å². The van der Waals surface area contributed by atoms with Gasteiger partial charge in [0.05, 0.1) is 0 Å². The minimum atomic E-state index is -1.50. The number of hydrogen-bond acceptors (Lipinski definition) is 2. The van der Waals surface area contributed by atoms with Crippen LogP contribution in [0, 0.1) is 0 Å². The van der Waals surface area contributed by atoms with Crippen molar-refractivity contribution in [2.45, 2.75) is 17.3 Å². The zero-order valence-electron chi connectivity index (χ0n) is 6.02. The van der Waals surface area contributed by atoms with Gasteiger partial charge < -0.3 is 5.73 Å². The Morgan fingerprint density at radius 2 is 1.82 bits per heavy atom. The van der Waals surface area contributed by atoms with Gasteiger partial charge in [0, 0.05) is 13.1 Å². The Morgan fingerprint density at radius 3 is 2.18 bits per heavy atom. The van der Waals surface area contributed by atoms with Crippen molar-refractivity contribution >= 4 is 29.1 Å². The van der Waals surface area contributed by atoms with Crippen LogP contribution in [-0.4, -0.2) is 28.4 Å². The lowest BCUT2D eigenvalue weighted by Crippen LogP contribution is -2.47. The van der Waals surface area contributed by atoms with Gasteiger partial charge in [0.25, 0.3) is 5.91 Å². The summed E-state index contributed by atoms with van der Waals surface area (Å²) in [6.45, 7) is 1.49. The van der Waals surface area contributed by atoms with E-state index in [0.29, 0.717) is 0 Å². The SMILES string of the molecule is NC(=O)C(Cl)(Cl)N1CCCC1. The maximum absolute atomic E-state index is 10.7. The van der Waals surface area contributed by atoms with Crippen LogP contribution in [0.5, 0.6) is 0 Å². The number of rotatable bonds is 2. The van der Waals surface area contributed by atoms with Crippen molar-refractivity contribution < 1.29 is 4.79 Å². The lowest BCUT2D eigenvalue weighted by molar-refractivity contribution is -0.121. The highest BCUT2D eigenvalue weighted by Gasteiger charge is 2.39. The molecular weight excluding hydrogens is 187 g/mol. The van der Waals surface area contributed by atoms with E-state index in [1.165, 1.54) is 0 Å². The van der Waals surface area contributed by atoms with E-state index in [2.05, 4.69) is 0 Å². The Bertz CT molecular complexity index is 166. The van der Waals surface area contributed by atoms with Gasteiger partial charge in [-0.25, -0.2) is 0 Å². The van der Waals surface area contributed by atoms with E-state index in [1.54, 1.807) is 4.90 Å². The van der Waals surface area contributed by atoms with Gasteiger partial charge in [-0.3, -0.25) is 9.69 Å². The van der Waals surface area contributed by atoms with Gasteiger partial charge in [-0.2, -0.15) is 0 Å². The molecule has 1 heterocycles. The quantitative estimate of drug-likeness (QED) is 0.523. The van der Waals surface area contributed by atoms with Crippen molar-refractivity contribution in [3.05, 3.63) is 0 Å². The predicted molar refractivity (Wildman–Crippen MR) is 44.4 cm³/mol. The van der Waals surface area contributed by atoms with Crippen LogP contribution in [0.1, 0.15) is 12.8 Å². The van der Waals surface area contributed by atoms with Crippen LogP contribution >= 0.6 is 23.2 Å². The van der Waals surface area contributed by atoms with E-state index in [1.807, 2.05) is 0 Å². The Balaban J connectivity index is 2.62. The Kier molecular flexibility index (Phi) is 2.62. The molecule has 0 atom stereocenters. The van der Waals surface area contributed by atoms with Crippen LogP contribution in [0.2, 0.25) is 0 Å². The van der Waals surface area contributed by atoms with Gasteiger partial charge in [0.1, 0.15) is 0 Å². The first-order chi connectivity index (χ1) is 5.05. The zero-order valence-corrected chi connectivity index (χ0v) is 7.53. The first-order valence-corrected chi connectivity index (χ1v) is 4.23. The van der Waals surface area contributed by atoms with E-state index in [4.69, 9.17) is 28.9 Å². The fraction of sp³-hybridized carbons (Fsp3) is 0.833. The molecule has 0 unspecified atom stereocenters. The number of hydrogen-bond donors (Lipinski definition) is 1. The number of nitrogens with two attached hydrogens (primary N) is 1. The molecule has 0 aromatic heterocycles. The van der Waals surface area contributed by atoms with E-state index in [0.717, 1.165) is 25.9 Å². The molecule has 0 radical (unpaired) electrons. The number of alkyl halides is 2. The predicted octanol–water partition coefficient (Wildman–Crippen LogP) is 0.699. The summed E-state index contributed by atoms with van der Waals surface area (Å²) in [6.07, 6.45) is 2.04. The topological polar surface area (TPSA) is 46.3 Å². The van der Waals surface area contributed by atoms with Crippen LogP contribution in [0.25, 0.3) is 0 Å². The molecule has 3 nitrogen and oxygen atoms in total. The second kappa shape index (κ2) is 3.17. The van der Waals surface area contributed by atoms with Crippen molar-refractivity contribution in [2.75, 3.05) is 13.1 Å². The molecule has 1 aliphatic heterocycles. The first kappa shape index (κ1) is 9.10. The van der Waals surface area contributed by atoms with Gasteiger partial charge in [0.2, 0.25) is 4.46 Å². The summed E-state index contributed by atoms with van der Waals surface area (Å²) in [4.78, 5) is 12.4. The van der Waals surface area contributed by atoms with E-state index in [9.17, 15) is 4.79 Å². The van der Waals surface area contributed by atoms with Crippen molar-refractivity contribution in [1.82, 2.24) is 4.90 Å². The van der Waals surface area contributed by atoms with Gasteiger partial charge in [-0.15, -0.1) is 0 Å². The molecule has 1 rings (SSSR count). The molecule has 1 fully saturated rings. The third-order valence-corrected chi connectivity index (χ3v) is 2.65. The second-order valence-electron chi connectivity index (χ2n) is 2.60. The molecule has 2 N–H and O–H groups in total. The summed E-state index contributed by atoms with van der Waals surface area (Å²) in [5.74, 6) is -0.692. The number of nitrogens with zero attached hydrogens (tertiary/aromatic N) is 1. The molecule has 0 aromatic rings. The van der Waals surface area contributed by atoms with E-state index < -0.39 is 10.4 Å². The summed E-state index contributed by atoms with van der Waals surface area (Å²) in [6, 6.07) is 0. The standard InChI is InChI=1S/C6H10Cl2N2O/c7-6(8,5(9)11)10-3-1-2-4-10/h1-4H2,(H2,9,11). The van der Waals surface area contributed by atoms with E-state index >= 15 is 0 Å². The molecule has 11 heavy (non-hydrogen) atoms. The molecule has 0 bridgehead atoms. The second-order valence-corrected chi connectivity index (χ2v) is 3.89. The Morgan fingerprint density at radius 1 is 1.36 bits per heavy atom. The molecule has 5 heteroatoms. The summed E-state index contributed by atoms with van der Waals surface area (Å²) in [7, 11) is 0. The molecule has 1 amide bonds. The molecule has 1 saturated heterocycles. The Labute approximate surface area is 75.4 Å². The number of likely N-dealkylation sites (tertiary alicyclic amines) is 1. The van der Waals surface area contributed by atoms with Crippen molar-refractivity contribution in [3.8, 4) is 0 Å². The lowest BCUT2D eigenvalue weighted by Gasteiger charge is -2.26. The third kappa shape index (κ3) is 1.78. The molecule has 0 spiro atoms. The minimum absolute atomic E-state index is 0.692. The van der Waals surface area contributed by atoms with Crippen LogP contribution < -0.4 is 5.73 Å². The third-order valence-electron chi connectivity index (χ3n) is 1.80. The van der Waals surface area contributed by atoms with Gasteiger partial charge in [-0.1, -0.05) is 23.2 Å². The molecule has 0 saturated carbocycles. The summed E-state index contributed by atoms with van der Waals surface area (Å²) in [5.41, 5.74) is 5.01. The van der Waals surface area contributed by atoms with Crippen LogP contribution in [-0.2, 0) is 4.79 Å². The molecule has 64 valence electrons. The highest BCUT2D eigenvalue weighted by molar-refractivity contribution is 6.57. The maximum Gasteiger partial charge on any atom is 0.269 e. The minimum Gasteiger partial charge on any atom is -0.366 e. The summed E-state index contributed by atoms with van der Waals surface area (Å²) in [5, 5.41) is 0. The van der Waals surface area contributed by atoms with Crippen molar-refractivity contribution in [2.24, 2.45) is 5.73 Å². The zero-order chi connectivity index (χ0) is 8.48. The number of carbonyl (C=O) groups excluding carboxylic acids is 1. The fourth-order valence-electron chi connectivity index (χ4n) is 1.15. The highest BCUT2D eigenvalue weighted by atomic mass is 35.5. The number of primary amides is 1. The maximum atomic E-state index is 10.7. The molecule has 0 aliphatic carbocycles. The monoisotopic (exact) mass is 196 g/mol. The van der Waals surface area contributed by atoms with E-state index in [-0.39, 0.29) is 0 Å². The lowest BCUT2D eigenvalue weighted by atomic mass is 10.4. The largest absolute Gasteiger partial charge is 0.366 e. The number of carbonyl (C=O) groups is 1. The average molecular weight is 197 g/mol. The van der Waals surface area contributed by atoms with Crippen molar-refractivity contribution in [1.29, 1.82) is 0 Å². The van der Waals surface area contributed by atoms with Gasteiger partial charge in [-0.05, 0) is 12.8 Å².